The number of likely N-dealkylation sites (tertiary alicyclic amines) is 1. The lowest BCUT2D eigenvalue weighted by atomic mass is 9.95. The van der Waals surface area contributed by atoms with Crippen LogP contribution >= 0.6 is 0 Å². The summed E-state index contributed by atoms with van der Waals surface area (Å²) in [4.78, 5) is 38.4. The zero-order valence-corrected chi connectivity index (χ0v) is 15.8. The summed E-state index contributed by atoms with van der Waals surface area (Å²) in [6, 6.07) is 7.34. The molecule has 1 unspecified atom stereocenters. The van der Waals surface area contributed by atoms with Crippen LogP contribution in [0.1, 0.15) is 32.3 Å². The lowest BCUT2D eigenvalue weighted by molar-refractivity contribution is -0.150. The number of carbonyl (C=O) groups excluding carboxylic acids is 3. The summed E-state index contributed by atoms with van der Waals surface area (Å²) in [5, 5.41) is 5.59. The van der Waals surface area contributed by atoms with Crippen molar-refractivity contribution in [3.63, 3.8) is 0 Å². The Bertz CT molecular complexity index is 687. The van der Waals surface area contributed by atoms with Crippen molar-refractivity contribution < 1.29 is 19.1 Å². The third-order valence-electron chi connectivity index (χ3n) is 4.48. The fraction of sp³-hybridized carbons (Fsp3) is 0.526. The first-order valence-corrected chi connectivity index (χ1v) is 8.76. The van der Waals surface area contributed by atoms with Gasteiger partial charge in [-0.15, -0.1) is 0 Å². The lowest BCUT2D eigenvalue weighted by Gasteiger charge is -2.34. The van der Waals surface area contributed by atoms with E-state index in [4.69, 9.17) is 4.74 Å². The highest BCUT2D eigenvalue weighted by Crippen LogP contribution is 2.20. The molecule has 1 aromatic rings. The minimum Gasteiger partial charge on any atom is -0.467 e. The Labute approximate surface area is 154 Å². The molecular weight excluding hydrogens is 334 g/mol. The van der Waals surface area contributed by atoms with Crippen LogP contribution in [0.2, 0.25) is 0 Å². The van der Waals surface area contributed by atoms with E-state index in [2.05, 4.69) is 10.6 Å². The summed E-state index contributed by atoms with van der Waals surface area (Å²) in [5.74, 6) is -1.10. The van der Waals surface area contributed by atoms with Crippen molar-refractivity contribution in [2.24, 2.45) is 5.92 Å². The molecule has 0 bridgehead atoms. The van der Waals surface area contributed by atoms with E-state index in [1.165, 1.54) is 7.11 Å². The Morgan fingerprint density at radius 3 is 2.65 bits per heavy atom. The Kier molecular flexibility index (Phi) is 6.23. The number of urea groups is 1. The SMILES string of the molecule is COC(=O)C(C)(C)NC(=O)C1CCCN(C(=O)Nc2cccc(C)c2)C1. The standard InChI is InChI=1S/C19H27N3O4/c1-13-7-5-9-15(11-13)20-18(25)22-10-6-8-14(12-22)16(23)21-19(2,3)17(24)26-4/h5,7,9,11,14H,6,8,10,12H2,1-4H3,(H,20,25)(H,21,23). The second-order valence-corrected chi connectivity index (χ2v) is 7.19. The van der Waals surface area contributed by atoms with Crippen LogP contribution in [0.4, 0.5) is 10.5 Å². The molecule has 142 valence electrons. The highest BCUT2D eigenvalue weighted by atomic mass is 16.5. The first-order chi connectivity index (χ1) is 12.2. The van der Waals surface area contributed by atoms with Gasteiger partial charge in [0.25, 0.3) is 0 Å². The summed E-state index contributed by atoms with van der Waals surface area (Å²) >= 11 is 0. The monoisotopic (exact) mass is 361 g/mol. The van der Waals surface area contributed by atoms with Crippen LogP contribution < -0.4 is 10.6 Å². The minimum absolute atomic E-state index is 0.222. The zero-order valence-electron chi connectivity index (χ0n) is 15.8. The van der Waals surface area contributed by atoms with Crippen molar-refractivity contribution >= 4 is 23.6 Å². The summed E-state index contributed by atoms with van der Waals surface area (Å²) in [6.07, 6.45) is 1.41. The number of aryl methyl sites for hydroxylation is 1. The minimum atomic E-state index is -1.10. The van der Waals surface area contributed by atoms with Crippen LogP contribution in [0, 0.1) is 12.8 Å². The van der Waals surface area contributed by atoms with E-state index in [1.54, 1.807) is 18.7 Å². The smallest absolute Gasteiger partial charge is 0.330 e. The molecule has 1 saturated heterocycles. The fourth-order valence-electron chi connectivity index (χ4n) is 3.02. The van der Waals surface area contributed by atoms with E-state index in [1.807, 2.05) is 31.2 Å². The van der Waals surface area contributed by atoms with E-state index in [0.29, 0.717) is 19.5 Å². The number of benzene rings is 1. The van der Waals surface area contributed by atoms with Crippen molar-refractivity contribution in [2.75, 3.05) is 25.5 Å². The summed E-state index contributed by atoms with van der Waals surface area (Å²) in [6.45, 7) is 6.08. The average Bonchev–Trinajstić information content (AvgIpc) is 2.60. The molecule has 2 N–H and O–H groups in total. The highest BCUT2D eigenvalue weighted by Gasteiger charge is 2.35. The number of nitrogens with zero attached hydrogens (tertiary/aromatic N) is 1. The maximum absolute atomic E-state index is 12.5. The number of carbonyl (C=O) groups is 3. The van der Waals surface area contributed by atoms with E-state index >= 15 is 0 Å². The second kappa shape index (κ2) is 8.21. The average molecular weight is 361 g/mol. The molecule has 0 aromatic heterocycles. The molecular formula is C19H27N3O4. The fourth-order valence-corrected chi connectivity index (χ4v) is 3.02. The van der Waals surface area contributed by atoms with E-state index in [0.717, 1.165) is 17.7 Å². The maximum atomic E-state index is 12.5. The van der Waals surface area contributed by atoms with Crippen LogP contribution in [0.3, 0.4) is 0 Å². The van der Waals surface area contributed by atoms with Gasteiger partial charge in [0.15, 0.2) is 0 Å². The van der Waals surface area contributed by atoms with Gasteiger partial charge in [-0.05, 0) is 51.3 Å². The highest BCUT2D eigenvalue weighted by molar-refractivity contribution is 5.91. The number of hydrogen-bond acceptors (Lipinski definition) is 4. The maximum Gasteiger partial charge on any atom is 0.330 e. The first-order valence-electron chi connectivity index (χ1n) is 8.76. The summed E-state index contributed by atoms with van der Waals surface area (Å²) in [5.41, 5.74) is 0.690. The number of nitrogens with one attached hydrogen (secondary N) is 2. The molecule has 0 spiro atoms. The predicted octanol–water partition coefficient (Wildman–Crippen LogP) is 2.31. The van der Waals surface area contributed by atoms with Gasteiger partial charge in [-0.1, -0.05) is 12.1 Å². The molecule has 7 heteroatoms. The number of piperidine rings is 1. The third kappa shape index (κ3) is 4.97. The molecule has 26 heavy (non-hydrogen) atoms. The second-order valence-electron chi connectivity index (χ2n) is 7.19. The number of rotatable bonds is 4. The van der Waals surface area contributed by atoms with Gasteiger partial charge in [-0.2, -0.15) is 0 Å². The predicted molar refractivity (Wildman–Crippen MR) is 98.7 cm³/mol. The molecule has 1 aromatic carbocycles. The largest absolute Gasteiger partial charge is 0.467 e. The van der Waals surface area contributed by atoms with Crippen molar-refractivity contribution in [2.45, 2.75) is 39.2 Å². The Morgan fingerprint density at radius 1 is 1.27 bits per heavy atom. The van der Waals surface area contributed by atoms with Crippen molar-refractivity contribution in [1.82, 2.24) is 10.2 Å². The molecule has 0 aliphatic carbocycles. The molecule has 1 atom stereocenters. The van der Waals surface area contributed by atoms with Gasteiger partial charge >= 0.3 is 12.0 Å². The van der Waals surface area contributed by atoms with Crippen LogP contribution in [0.5, 0.6) is 0 Å². The van der Waals surface area contributed by atoms with Gasteiger partial charge in [0.05, 0.1) is 13.0 Å². The first kappa shape index (κ1) is 19.8. The molecule has 2 rings (SSSR count). The quantitative estimate of drug-likeness (QED) is 0.806. The molecule has 0 radical (unpaired) electrons. The number of hydrogen-bond donors (Lipinski definition) is 2. The molecule has 3 amide bonds. The van der Waals surface area contributed by atoms with Gasteiger partial charge in [0.1, 0.15) is 5.54 Å². The zero-order chi connectivity index (χ0) is 19.3. The van der Waals surface area contributed by atoms with Gasteiger partial charge < -0.3 is 20.3 Å². The number of esters is 1. The molecule has 0 saturated carbocycles. The van der Waals surface area contributed by atoms with Gasteiger partial charge in [0, 0.05) is 18.8 Å². The molecule has 1 aliphatic heterocycles. The Hall–Kier alpha value is -2.57. The number of methoxy groups -OCH3 is 1. The Balaban J connectivity index is 1.96. The van der Waals surface area contributed by atoms with Gasteiger partial charge in [0.2, 0.25) is 5.91 Å². The normalized spacial score (nSPS) is 17.4. The van der Waals surface area contributed by atoms with E-state index < -0.39 is 11.5 Å². The molecule has 1 heterocycles. The lowest BCUT2D eigenvalue weighted by Crippen LogP contribution is -2.54. The molecule has 1 fully saturated rings. The van der Waals surface area contributed by atoms with Crippen LogP contribution in [-0.2, 0) is 14.3 Å². The topological polar surface area (TPSA) is 87.7 Å². The van der Waals surface area contributed by atoms with E-state index in [9.17, 15) is 14.4 Å². The Morgan fingerprint density at radius 2 is 2.00 bits per heavy atom. The number of anilines is 1. The molecule has 1 aliphatic rings. The third-order valence-corrected chi connectivity index (χ3v) is 4.48. The van der Waals surface area contributed by atoms with Crippen molar-refractivity contribution in [1.29, 1.82) is 0 Å². The van der Waals surface area contributed by atoms with Crippen molar-refractivity contribution in [3.8, 4) is 0 Å². The summed E-state index contributed by atoms with van der Waals surface area (Å²) < 4.78 is 4.71. The number of ether oxygens (including phenoxy) is 1. The van der Waals surface area contributed by atoms with Gasteiger partial charge in [-0.3, -0.25) is 4.79 Å². The van der Waals surface area contributed by atoms with Crippen LogP contribution in [0.25, 0.3) is 0 Å². The van der Waals surface area contributed by atoms with Crippen LogP contribution in [0.15, 0.2) is 24.3 Å². The number of amides is 3. The summed E-state index contributed by atoms with van der Waals surface area (Å²) in [7, 11) is 1.29. The van der Waals surface area contributed by atoms with Crippen molar-refractivity contribution in [3.05, 3.63) is 29.8 Å². The van der Waals surface area contributed by atoms with Crippen LogP contribution in [-0.4, -0.2) is 48.5 Å². The van der Waals surface area contributed by atoms with E-state index in [-0.39, 0.29) is 17.9 Å². The molecule has 7 nitrogen and oxygen atoms in total. The van der Waals surface area contributed by atoms with Gasteiger partial charge in [-0.25, -0.2) is 9.59 Å².